The average Bonchev–Trinajstić information content (AvgIpc) is 3.80. The molecule has 2 heterocycles. The Labute approximate surface area is 295 Å². The highest BCUT2D eigenvalue weighted by atomic mass is 16.6. The van der Waals surface area contributed by atoms with Crippen LogP contribution in [0.4, 0.5) is 15.3 Å². The molecule has 3 atom stereocenters. The summed E-state index contributed by atoms with van der Waals surface area (Å²) in [5.41, 5.74) is 6.23. The van der Waals surface area contributed by atoms with Gasteiger partial charge in [0.05, 0.1) is 25.3 Å². The Balaban J connectivity index is 1.21. The van der Waals surface area contributed by atoms with Crippen LogP contribution in [0.5, 0.6) is 5.75 Å². The fourth-order valence-corrected chi connectivity index (χ4v) is 8.23. The van der Waals surface area contributed by atoms with Crippen LogP contribution in [0.15, 0.2) is 127 Å². The van der Waals surface area contributed by atoms with Crippen molar-refractivity contribution in [2.45, 2.75) is 36.6 Å². The molecule has 5 aromatic carbocycles. The Bertz CT molecular complexity index is 2070. The van der Waals surface area contributed by atoms with Crippen molar-refractivity contribution in [1.29, 1.82) is 0 Å². The summed E-state index contributed by atoms with van der Waals surface area (Å²) in [4.78, 5) is 45.6. The second-order valence-corrected chi connectivity index (χ2v) is 13.0. The van der Waals surface area contributed by atoms with E-state index in [1.165, 1.54) is 16.9 Å². The van der Waals surface area contributed by atoms with Gasteiger partial charge in [0.2, 0.25) is 0 Å². The minimum Gasteiger partial charge on any atom is -0.497 e. The van der Waals surface area contributed by atoms with Gasteiger partial charge in [-0.15, -0.1) is 0 Å². The van der Waals surface area contributed by atoms with Crippen LogP contribution in [0, 0.1) is 0 Å². The maximum atomic E-state index is 14.7. The van der Waals surface area contributed by atoms with Gasteiger partial charge in [0.15, 0.2) is 0 Å². The van der Waals surface area contributed by atoms with Gasteiger partial charge in [-0.05, 0) is 63.6 Å². The highest BCUT2D eigenvalue weighted by Gasteiger charge is 2.66. The number of hydrogen-bond donors (Lipinski definition) is 0. The second-order valence-electron chi connectivity index (χ2n) is 13.0. The third kappa shape index (κ3) is 5.19. The molecule has 0 aromatic heterocycles. The van der Waals surface area contributed by atoms with Gasteiger partial charge in [0.1, 0.15) is 31.2 Å². The van der Waals surface area contributed by atoms with E-state index in [0.29, 0.717) is 11.4 Å². The number of esters is 1. The highest BCUT2D eigenvalue weighted by molar-refractivity contribution is 5.96. The molecule has 1 fully saturated rings. The first-order chi connectivity index (χ1) is 25.0. The van der Waals surface area contributed by atoms with Gasteiger partial charge in [0, 0.05) is 5.92 Å². The normalized spacial score (nSPS) is 19.8. The number of para-hydroxylation sites is 1. The number of benzene rings is 5. The minimum absolute atomic E-state index is 0.0198. The largest absolute Gasteiger partial charge is 0.497 e. The molecule has 8 rings (SSSR count). The first-order valence-electron chi connectivity index (χ1n) is 16.9. The van der Waals surface area contributed by atoms with E-state index < -0.39 is 35.8 Å². The lowest BCUT2D eigenvalue weighted by Crippen LogP contribution is -2.56. The zero-order chi connectivity index (χ0) is 35.1. The average molecular weight is 681 g/mol. The highest BCUT2D eigenvalue weighted by Crippen LogP contribution is 2.58. The Morgan fingerprint density at radius 3 is 2.00 bits per heavy atom. The number of amides is 2. The number of likely N-dealkylation sites (tertiary alicyclic amines) is 1. The maximum Gasteiger partial charge on any atom is 0.416 e. The summed E-state index contributed by atoms with van der Waals surface area (Å²) in [6, 6.07) is 39.5. The lowest BCUT2D eigenvalue weighted by Gasteiger charge is -2.37. The van der Waals surface area contributed by atoms with Crippen LogP contribution in [-0.4, -0.2) is 56.1 Å². The summed E-state index contributed by atoms with van der Waals surface area (Å²) in [5, 5.41) is 0. The topological polar surface area (TPSA) is 94.6 Å². The van der Waals surface area contributed by atoms with Crippen molar-refractivity contribution in [3.63, 3.8) is 0 Å². The molecule has 2 aliphatic heterocycles. The van der Waals surface area contributed by atoms with E-state index in [2.05, 4.69) is 12.1 Å². The Morgan fingerprint density at radius 1 is 0.706 bits per heavy atom. The lowest BCUT2D eigenvalue weighted by molar-refractivity contribution is -0.145. The molecule has 2 amide bonds. The van der Waals surface area contributed by atoms with Crippen LogP contribution in [-0.2, 0) is 31.0 Å². The Kier molecular flexibility index (Phi) is 8.18. The number of carbonyl (C=O) groups is 3. The molecule has 51 heavy (non-hydrogen) atoms. The number of carbonyl (C=O) groups excluding carboxylic acids is 3. The quantitative estimate of drug-likeness (QED) is 0.129. The minimum atomic E-state index is -1.07. The van der Waals surface area contributed by atoms with E-state index >= 15 is 0 Å². The number of rotatable bonds is 7. The molecule has 0 N–H and O–H groups in total. The standard InChI is InChI=1S/C42H36N2O7/c1-48-29-22-20-28(21-23-29)42-24-37(38(45)49-2)44(41(47)51-26-34-32-16-8-6-14-30(32)31-15-7-9-17-33(31)34)39(42)43(36-19-11-10-18-35(36)42)40(46)50-25-27-12-4-3-5-13-27/h3-23,34,37,39H,24-26H2,1-2H3/t37-,39-,42+/m0/s1. The smallest absolute Gasteiger partial charge is 0.416 e. The van der Waals surface area contributed by atoms with Crippen LogP contribution in [0.1, 0.15) is 40.2 Å². The molecule has 0 radical (unpaired) electrons. The number of nitrogens with zero attached hydrogens (tertiary/aromatic N) is 2. The van der Waals surface area contributed by atoms with Crippen molar-refractivity contribution in [3.8, 4) is 16.9 Å². The number of anilines is 1. The molecule has 0 spiro atoms. The molecule has 0 unspecified atom stereocenters. The summed E-state index contributed by atoms with van der Waals surface area (Å²) in [5.74, 6) is -0.173. The number of ether oxygens (including phenoxy) is 4. The van der Waals surface area contributed by atoms with Gasteiger partial charge in [0.25, 0.3) is 0 Å². The fraction of sp³-hybridized carbons (Fsp3) is 0.214. The van der Waals surface area contributed by atoms with E-state index in [1.807, 2.05) is 115 Å². The molecular formula is C42H36N2O7. The van der Waals surface area contributed by atoms with Gasteiger partial charge >= 0.3 is 18.2 Å². The van der Waals surface area contributed by atoms with Crippen LogP contribution in [0.2, 0.25) is 0 Å². The summed E-state index contributed by atoms with van der Waals surface area (Å²) >= 11 is 0. The summed E-state index contributed by atoms with van der Waals surface area (Å²) < 4.78 is 22.9. The molecule has 0 bridgehead atoms. The Morgan fingerprint density at radius 2 is 1.33 bits per heavy atom. The zero-order valence-corrected chi connectivity index (χ0v) is 28.2. The summed E-state index contributed by atoms with van der Waals surface area (Å²) in [7, 11) is 2.89. The molecule has 9 nitrogen and oxygen atoms in total. The van der Waals surface area contributed by atoms with Crippen LogP contribution >= 0.6 is 0 Å². The van der Waals surface area contributed by atoms with Crippen LogP contribution < -0.4 is 9.64 Å². The van der Waals surface area contributed by atoms with E-state index in [4.69, 9.17) is 18.9 Å². The Hall–Kier alpha value is -6.09. The number of hydrogen-bond acceptors (Lipinski definition) is 7. The van der Waals surface area contributed by atoms with Crippen LogP contribution in [0.25, 0.3) is 11.1 Å². The predicted molar refractivity (Wildman–Crippen MR) is 190 cm³/mol. The maximum absolute atomic E-state index is 14.7. The van der Waals surface area contributed by atoms with E-state index in [0.717, 1.165) is 38.9 Å². The van der Waals surface area contributed by atoms with Crippen molar-refractivity contribution in [2.24, 2.45) is 0 Å². The van der Waals surface area contributed by atoms with Crippen molar-refractivity contribution < 1.29 is 33.3 Å². The molecule has 5 aromatic rings. The van der Waals surface area contributed by atoms with Crippen molar-refractivity contribution >= 4 is 23.8 Å². The number of methoxy groups -OCH3 is 2. The SMILES string of the molecule is COC(=O)[C@@H]1C[C@@]2(c3ccc(OC)cc3)c3ccccc3N(C(=O)OCc3ccccc3)[C@H]2N1C(=O)OCC1c2ccccc2-c2ccccc21. The molecule has 256 valence electrons. The molecule has 1 aliphatic carbocycles. The molecular weight excluding hydrogens is 644 g/mol. The first-order valence-corrected chi connectivity index (χ1v) is 16.9. The first kappa shape index (κ1) is 32.1. The third-order valence-corrected chi connectivity index (χ3v) is 10.5. The van der Waals surface area contributed by atoms with E-state index in [1.54, 1.807) is 7.11 Å². The monoisotopic (exact) mass is 680 g/mol. The molecule has 1 saturated heterocycles. The van der Waals surface area contributed by atoms with Crippen LogP contribution in [0.3, 0.4) is 0 Å². The van der Waals surface area contributed by atoms with Gasteiger partial charge < -0.3 is 18.9 Å². The zero-order valence-electron chi connectivity index (χ0n) is 28.2. The number of fused-ring (bicyclic) bond motifs is 6. The van der Waals surface area contributed by atoms with Gasteiger partial charge in [-0.25, -0.2) is 14.4 Å². The van der Waals surface area contributed by atoms with Gasteiger partial charge in [-0.3, -0.25) is 9.80 Å². The molecule has 9 heteroatoms. The molecule has 3 aliphatic rings. The van der Waals surface area contributed by atoms with Crippen molar-refractivity contribution in [2.75, 3.05) is 25.7 Å². The summed E-state index contributed by atoms with van der Waals surface area (Å²) in [6.45, 7) is 0.0525. The van der Waals surface area contributed by atoms with E-state index in [-0.39, 0.29) is 25.6 Å². The molecule has 0 saturated carbocycles. The fourth-order valence-electron chi connectivity index (χ4n) is 8.23. The van der Waals surface area contributed by atoms with Gasteiger partial charge in [-0.1, -0.05) is 109 Å². The lowest BCUT2D eigenvalue weighted by atomic mass is 9.72. The van der Waals surface area contributed by atoms with E-state index in [9.17, 15) is 14.4 Å². The second kappa shape index (κ2) is 13.0. The van der Waals surface area contributed by atoms with Crippen molar-refractivity contribution in [3.05, 3.63) is 155 Å². The predicted octanol–water partition coefficient (Wildman–Crippen LogP) is 7.66. The summed E-state index contributed by atoms with van der Waals surface area (Å²) in [6.07, 6.45) is -2.28. The van der Waals surface area contributed by atoms with Gasteiger partial charge in [-0.2, -0.15) is 0 Å². The third-order valence-electron chi connectivity index (χ3n) is 10.5. The van der Waals surface area contributed by atoms with Crippen molar-refractivity contribution in [1.82, 2.24) is 4.90 Å².